The van der Waals surface area contributed by atoms with Gasteiger partial charge in [-0.1, -0.05) is 30.0 Å². The van der Waals surface area contributed by atoms with Gasteiger partial charge in [0.15, 0.2) is 0 Å². The summed E-state index contributed by atoms with van der Waals surface area (Å²) in [7, 11) is 0. The zero-order chi connectivity index (χ0) is 16.6. The third-order valence-corrected chi connectivity index (χ3v) is 3.24. The Kier molecular flexibility index (Phi) is 7.21. The number of hydrogen-bond acceptors (Lipinski definition) is 3. The molecule has 0 aliphatic rings. The summed E-state index contributed by atoms with van der Waals surface area (Å²) in [5, 5.41) is 7.88. The third-order valence-electron chi connectivity index (χ3n) is 3.24. The van der Waals surface area contributed by atoms with Crippen LogP contribution in [0.3, 0.4) is 0 Å². The Morgan fingerprint density at radius 2 is 1.52 bits per heavy atom. The van der Waals surface area contributed by atoms with Crippen molar-refractivity contribution in [3.8, 4) is 22.6 Å². The molecule has 1 aromatic carbocycles. The molecule has 0 unspecified atom stereocenters. The Balaban J connectivity index is 0.000000173. The summed E-state index contributed by atoms with van der Waals surface area (Å²) in [6.07, 6.45) is 3.54. The van der Waals surface area contributed by atoms with Crippen molar-refractivity contribution in [3.05, 3.63) is 90.9 Å². The molecule has 0 aliphatic carbocycles. The van der Waals surface area contributed by atoms with E-state index in [1.54, 1.807) is 12.4 Å². The second-order valence-electron chi connectivity index (χ2n) is 5.08. The molecular formula is C20H16N4Pd. The molecule has 4 nitrogen and oxygen atoms in total. The molecule has 0 fully saturated rings. The third kappa shape index (κ3) is 5.46. The van der Waals surface area contributed by atoms with Crippen molar-refractivity contribution < 1.29 is 20.4 Å². The van der Waals surface area contributed by atoms with Crippen molar-refractivity contribution in [1.82, 2.24) is 20.2 Å². The molecule has 3 aromatic heterocycles. The average Bonchev–Trinajstić information content (AvgIpc) is 3.11. The molecule has 4 rings (SSSR count). The van der Waals surface area contributed by atoms with Crippen LogP contribution in [0.2, 0.25) is 0 Å². The van der Waals surface area contributed by atoms with Crippen molar-refractivity contribution >= 4 is 0 Å². The topological polar surface area (TPSA) is 52.8 Å². The van der Waals surface area contributed by atoms with Gasteiger partial charge < -0.3 is 15.2 Å². The van der Waals surface area contributed by atoms with Gasteiger partial charge in [-0.3, -0.25) is 4.98 Å². The monoisotopic (exact) mass is 418 g/mol. The molecule has 25 heavy (non-hydrogen) atoms. The van der Waals surface area contributed by atoms with Crippen LogP contribution in [0.4, 0.5) is 0 Å². The van der Waals surface area contributed by atoms with Crippen LogP contribution < -0.4 is 5.10 Å². The SMILES string of the molecule is Cc1cc(-c2ccccn2)[n-]n1.[Pd+2].[c-]1ccccc1-c1ccccn1. The van der Waals surface area contributed by atoms with Gasteiger partial charge in [0.2, 0.25) is 0 Å². The van der Waals surface area contributed by atoms with Gasteiger partial charge in [0, 0.05) is 23.8 Å². The van der Waals surface area contributed by atoms with Crippen LogP contribution in [-0.2, 0) is 20.4 Å². The van der Waals surface area contributed by atoms with Gasteiger partial charge in [-0.05, 0) is 30.8 Å². The predicted octanol–water partition coefficient (Wildman–Crippen LogP) is 3.96. The minimum atomic E-state index is 0. The maximum Gasteiger partial charge on any atom is 2.00 e. The molecule has 0 aliphatic heterocycles. The number of benzene rings is 1. The quantitative estimate of drug-likeness (QED) is 0.365. The fourth-order valence-electron chi connectivity index (χ4n) is 2.10. The van der Waals surface area contributed by atoms with Gasteiger partial charge in [-0.15, -0.1) is 35.9 Å². The van der Waals surface area contributed by atoms with Crippen molar-refractivity contribution in [2.45, 2.75) is 6.92 Å². The van der Waals surface area contributed by atoms with E-state index in [0.29, 0.717) is 0 Å². The van der Waals surface area contributed by atoms with E-state index in [4.69, 9.17) is 0 Å². The summed E-state index contributed by atoms with van der Waals surface area (Å²) < 4.78 is 0. The average molecular weight is 419 g/mol. The van der Waals surface area contributed by atoms with E-state index in [1.807, 2.05) is 73.7 Å². The summed E-state index contributed by atoms with van der Waals surface area (Å²) in [5.74, 6) is 0. The van der Waals surface area contributed by atoms with Crippen LogP contribution in [0.15, 0.2) is 79.1 Å². The molecule has 0 spiro atoms. The largest absolute Gasteiger partial charge is 2.00 e. The maximum absolute atomic E-state index is 4.22. The Bertz CT molecular complexity index is 824. The fourth-order valence-corrected chi connectivity index (χ4v) is 2.10. The molecule has 0 saturated heterocycles. The molecule has 0 amide bonds. The first-order valence-electron chi connectivity index (χ1n) is 7.59. The molecule has 0 N–H and O–H groups in total. The first-order valence-corrected chi connectivity index (χ1v) is 7.59. The molecule has 0 radical (unpaired) electrons. The molecule has 0 bridgehead atoms. The molecule has 5 heteroatoms. The molecule has 3 heterocycles. The van der Waals surface area contributed by atoms with E-state index in [1.165, 1.54) is 0 Å². The van der Waals surface area contributed by atoms with Crippen molar-refractivity contribution in [1.29, 1.82) is 0 Å². The predicted molar refractivity (Wildman–Crippen MR) is 94.0 cm³/mol. The molecule has 126 valence electrons. The van der Waals surface area contributed by atoms with Gasteiger partial charge in [0.05, 0.1) is 0 Å². The number of nitrogens with zero attached hydrogens (tertiary/aromatic N) is 4. The van der Waals surface area contributed by atoms with Gasteiger partial charge in [0.1, 0.15) is 0 Å². The van der Waals surface area contributed by atoms with Crippen LogP contribution in [0, 0.1) is 13.0 Å². The number of aromatic nitrogens is 4. The van der Waals surface area contributed by atoms with Crippen LogP contribution in [0.1, 0.15) is 5.69 Å². The van der Waals surface area contributed by atoms with Crippen molar-refractivity contribution in [2.24, 2.45) is 0 Å². The minimum Gasteiger partial charge on any atom is -0.574 e. The number of rotatable bonds is 2. The molecule has 4 aromatic rings. The van der Waals surface area contributed by atoms with Gasteiger partial charge in [0.25, 0.3) is 0 Å². The smallest absolute Gasteiger partial charge is 0.574 e. The normalized spacial score (nSPS) is 9.48. The Morgan fingerprint density at radius 1 is 0.840 bits per heavy atom. The zero-order valence-corrected chi connectivity index (χ0v) is 15.2. The fraction of sp³-hybridized carbons (Fsp3) is 0.0500. The van der Waals surface area contributed by atoms with E-state index in [0.717, 1.165) is 28.3 Å². The van der Waals surface area contributed by atoms with Gasteiger partial charge >= 0.3 is 20.4 Å². The van der Waals surface area contributed by atoms with Crippen molar-refractivity contribution in [3.63, 3.8) is 0 Å². The second kappa shape index (κ2) is 9.63. The summed E-state index contributed by atoms with van der Waals surface area (Å²) in [4.78, 5) is 8.38. The summed E-state index contributed by atoms with van der Waals surface area (Å²) in [6, 6.07) is 24.5. The summed E-state index contributed by atoms with van der Waals surface area (Å²) >= 11 is 0. The van der Waals surface area contributed by atoms with E-state index in [9.17, 15) is 0 Å². The van der Waals surface area contributed by atoms with Crippen LogP contribution in [0.5, 0.6) is 0 Å². The molecule has 0 saturated carbocycles. The summed E-state index contributed by atoms with van der Waals surface area (Å²) in [6.45, 7) is 1.92. The zero-order valence-electron chi connectivity index (χ0n) is 13.6. The second-order valence-corrected chi connectivity index (χ2v) is 5.08. The number of aryl methyl sites for hydroxylation is 1. The number of pyridine rings is 2. The van der Waals surface area contributed by atoms with Crippen LogP contribution in [-0.4, -0.2) is 15.1 Å². The Hall–Kier alpha value is -2.61. The molecule has 0 atom stereocenters. The van der Waals surface area contributed by atoms with Crippen LogP contribution >= 0.6 is 0 Å². The minimum absolute atomic E-state index is 0. The van der Waals surface area contributed by atoms with Crippen LogP contribution in [0.25, 0.3) is 22.6 Å². The van der Waals surface area contributed by atoms with E-state index in [2.05, 4.69) is 26.2 Å². The standard InChI is InChI=1S/C11H8N.C9H8N3.Pd/c1-2-6-10(7-3-1)11-8-4-5-9-12-11;1-7-6-9(12-11-7)8-4-2-3-5-10-8;/h1-6,8-9H;2-6H,1H3;/q2*-1;+2. The summed E-state index contributed by atoms with van der Waals surface area (Å²) in [5.41, 5.74) is 4.65. The number of hydrogen-bond donors (Lipinski definition) is 0. The molecular weight excluding hydrogens is 403 g/mol. The first-order chi connectivity index (χ1) is 11.8. The Morgan fingerprint density at radius 3 is 2.04 bits per heavy atom. The van der Waals surface area contributed by atoms with E-state index >= 15 is 0 Å². The van der Waals surface area contributed by atoms with Gasteiger partial charge in [-0.2, -0.15) is 0 Å². The van der Waals surface area contributed by atoms with Crippen molar-refractivity contribution in [2.75, 3.05) is 0 Å². The van der Waals surface area contributed by atoms with Gasteiger partial charge in [-0.25, -0.2) is 0 Å². The Labute approximate surface area is 161 Å². The maximum atomic E-state index is 4.22. The van der Waals surface area contributed by atoms with E-state index in [-0.39, 0.29) is 20.4 Å². The first kappa shape index (κ1) is 18.7. The van der Waals surface area contributed by atoms with E-state index < -0.39 is 0 Å².